The van der Waals surface area contributed by atoms with E-state index in [-0.39, 0.29) is 11.9 Å². The summed E-state index contributed by atoms with van der Waals surface area (Å²) in [6, 6.07) is 4.20. The van der Waals surface area contributed by atoms with Gasteiger partial charge in [0.05, 0.1) is 0 Å². The van der Waals surface area contributed by atoms with E-state index in [0.29, 0.717) is 29.0 Å². The van der Waals surface area contributed by atoms with Gasteiger partial charge in [0.1, 0.15) is 11.3 Å². The second kappa shape index (κ2) is 4.61. The monoisotopic (exact) mass is 281 g/mol. The summed E-state index contributed by atoms with van der Waals surface area (Å²) in [5.74, 6) is 3.28. The molecule has 2 N–H and O–H groups in total. The molecule has 1 aliphatic carbocycles. The van der Waals surface area contributed by atoms with Crippen molar-refractivity contribution in [1.82, 2.24) is 15.6 Å². The minimum Gasteiger partial charge on any atom is -0.448 e. The molecular weight excluding hydrogens is 266 g/mol. The SMILES string of the molecule is C#Cc1cc2cnc(C(=O)NC3CC4CC3CN4)cc2o1. The van der Waals surface area contributed by atoms with Crippen molar-refractivity contribution in [1.29, 1.82) is 0 Å². The minimum absolute atomic E-state index is 0.145. The van der Waals surface area contributed by atoms with Crippen LogP contribution in [0.1, 0.15) is 29.1 Å². The first-order valence-corrected chi connectivity index (χ1v) is 7.13. The maximum Gasteiger partial charge on any atom is 0.270 e. The van der Waals surface area contributed by atoms with E-state index in [4.69, 9.17) is 10.8 Å². The number of nitrogens with one attached hydrogen (secondary N) is 2. The van der Waals surface area contributed by atoms with E-state index in [1.807, 2.05) is 0 Å². The molecule has 2 aliphatic rings. The van der Waals surface area contributed by atoms with Gasteiger partial charge in [-0.25, -0.2) is 0 Å². The van der Waals surface area contributed by atoms with Gasteiger partial charge in [-0.3, -0.25) is 9.78 Å². The Hall–Kier alpha value is -2.32. The van der Waals surface area contributed by atoms with Crippen LogP contribution in [0.15, 0.2) is 22.7 Å². The molecule has 1 saturated carbocycles. The lowest BCUT2D eigenvalue weighted by Crippen LogP contribution is -2.44. The van der Waals surface area contributed by atoms with Crippen LogP contribution in [-0.2, 0) is 0 Å². The maximum atomic E-state index is 12.3. The van der Waals surface area contributed by atoms with Crippen molar-refractivity contribution in [3.8, 4) is 12.3 Å². The molecule has 2 aromatic rings. The fourth-order valence-electron chi connectivity index (χ4n) is 3.38. The summed E-state index contributed by atoms with van der Waals surface area (Å²) in [7, 11) is 0. The molecule has 0 spiro atoms. The molecule has 1 aliphatic heterocycles. The molecule has 1 saturated heterocycles. The highest BCUT2D eigenvalue weighted by molar-refractivity contribution is 5.95. The van der Waals surface area contributed by atoms with Crippen LogP contribution in [-0.4, -0.2) is 29.5 Å². The molecule has 2 bridgehead atoms. The Morgan fingerprint density at radius 3 is 3.10 bits per heavy atom. The number of terminal acetylenes is 1. The van der Waals surface area contributed by atoms with Gasteiger partial charge in [0.15, 0.2) is 5.76 Å². The molecule has 3 atom stereocenters. The summed E-state index contributed by atoms with van der Waals surface area (Å²) in [6.07, 6.45) is 9.08. The summed E-state index contributed by atoms with van der Waals surface area (Å²) >= 11 is 0. The fraction of sp³-hybridized carbons (Fsp3) is 0.375. The molecule has 5 heteroatoms. The van der Waals surface area contributed by atoms with Gasteiger partial charge >= 0.3 is 0 Å². The van der Waals surface area contributed by atoms with Crippen molar-refractivity contribution in [2.24, 2.45) is 5.92 Å². The third-order valence-electron chi connectivity index (χ3n) is 4.46. The molecule has 0 radical (unpaired) electrons. The number of furan rings is 1. The van der Waals surface area contributed by atoms with Crippen molar-refractivity contribution in [3.05, 3.63) is 29.8 Å². The molecular formula is C16H15N3O2. The average Bonchev–Trinajstić information content (AvgIpc) is 3.20. The molecule has 4 rings (SSSR count). The zero-order chi connectivity index (χ0) is 14.4. The maximum absolute atomic E-state index is 12.3. The van der Waals surface area contributed by atoms with E-state index in [0.717, 1.165) is 24.8 Å². The first-order valence-electron chi connectivity index (χ1n) is 7.13. The van der Waals surface area contributed by atoms with Gasteiger partial charge in [0, 0.05) is 42.3 Å². The highest BCUT2D eigenvalue weighted by Crippen LogP contribution is 2.31. The van der Waals surface area contributed by atoms with Crippen molar-refractivity contribution in [3.63, 3.8) is 0 Å². The van der Waals surface area contributed by atoms with Gasteiger partial charge in [-0.05, 0) is 24.7 Å². The molecule has 21 heavy (non-hydrogen) atoms. The first kappa shape index (κ1) is 12.4. The van der Waals surface area contributed by atoms with E-state index in [1.165, 1.54) is 0 Å². The third-order valence-corrected chi connectivity index (χ3v) is 4.46. The Bertz CT molecular complexity index is 758. The first-order chi connectivity index (χ1) is 10.2. The highest BCUT2D eigenvalue weighted by atomic mass is 16.3. The van der Waals surface area contributed by atoms with E-state index in [9.17, 15) is 4.79 Å². The van der Waals surface area contributed by atoms with Gasteiger partial charge < -0.3 is 15.1 Å². The zero-order valence-corrected chi connectivity index (χ0v) is 11.4. The number of piperidine rings is 1. The van der Waals surface area contributed by atoms with Crippen LogP contribution in [0.2, 0.25) is 0 Å². The molecule has 2 fully saturated rings. The van der Waals surface area contributed by atoms with E-state index in [1.54, 1.807) is 18.3 Å². The second-order valence-electron chi connectivity index (χ2n) is 5.78. The molecule has 1 amide bonds. The van der Waals surface area contributed by atoms with Crippen LogP contribution in [0.5, 0.6) is 0 Å². The van der Waals surface area contributed by atoms with Gasteiger partial charge in [-0.15, -0.1) is 6.42 Å². The number of hydrogen-bond donors (Lipinski definition) is 2. The largest absolute Gasteiger partial charge is 0.448 e. The average molecular weight is 281 g/mol. The zero-order valence-electron chi connectivity index (χ0n) is 11.4. The number of nitrogens with zero attached hydrogens (tertiary/aromatic N) is 1. The Morgan fingerprint density at radius 2 is 2.38 bits per heavy atom. The predicted molar refractivity (Wildman–Crippen MR) is 77.7 cm³/mol. The summed E-state index contributed by atoms with van der Waals surface area (Å²) in [6.45, 7) is 0.992. The normalized spacial score (nSPS) is 26.9. The number of fused-ring (bicyclic) bond motifs is 3. The Labute approximate surface area is 122 Å². The fourth-order valence-corrected chi connectivity index (χ4v) is 3.38. The smallest absolute Gasteiger partial charge is 0.270 e. The summed E-state index contributed by atoms with van der Waals surface area (Å²) in [5.41, 5.74) is 0.967. The van der Waals surface area contributed by atoms with Gasteiger partial charge in [0.25, 0.3) is 5.91 Å². The summed E-state index contributed by atoms with van der Waals surface area (Å²) in [4.78, 5) is 16.5. The van der Waals surface area contributed by atoms with Crippen LogP contribution in [0, 0.1) is 18.3 Å². The van der Waals surface area contributed by atoms with Gasteiger partial charge in [-0.1, -0.05) is 0 Å². The quantitative estimate of drug-likeness (QED) is 0.814. The van der Waals surface area contributed by atoms with Gasteiger partial charge in [-0.2, -0.15) is 0 Å². The number of carbonyl (C=O) groups is 1. The lowest BCUT2D eigenvalue weighted by atomic mass is 10.0. The van der Waals surface area contributed by atoms with Crippen LogP contribution in [0.25, 0.3) is 11.0 Å². The lowest BCUT2D eigenvalue weighted by molar-refractivity contribution is 0.0920. The van der Waals surface area contributed by atoms with Crippen LogP contribution in [0.3, 0.4) is 0 Å². The van der Waals surface area contributed by atoms with Gasteiger partial charge in [0.2, 0.25) is 0 Å². The Morgan fingerprint density at radius 1 is 1.48 bits per heavy atom. The van der Waals surface area contributed by atoms with Crippen molar-refractivity contribution < 1.29 is 9.21 Å². The standard InChI is InChI=1S/C16H15N3O2/c1-2-12-4-10-8-18-14(6-15(10)21-12)16(20)19-13-5-11-3-9(13)7-17-11/h1,4,6,8-9,11,13,17H,3,5,7H2,(H,19,20). The topological polar surface area (TPSA) is 67.2 Å². The van der Waals surface area contributed by atoms with Crippen molar-refractivity contribution in [2.75, 3.05) is 6.54 Å². The number of pyridine rings is 1. The Balaban J connectivity index is 1.55. The highest BCUT2D eigenvalue weighted by Gasteiger charge is 2.40. The third kappa shape index (κ3) is 2.08. The lowest BCUT2D eigenvalue weighted by Gasteiger charge is -2.23. The van der Waals surface area contributed by atoms with E-state index >= 15 is 0 Å². The van der Waals surface area contributed by atoms with Crippen LogP contribution in [0.4, 0.5) is 0 Å². The number of aromatic nitrogens is 1. The Kier molecular flexibility index (Phi) is 2.72. The number of hydrogen-bond acceptors (Lipinski definition) is 4. The molecule has 5 nitrogen and oxygen atoms in total. The second-order valence-corrected chi connectivity index (χ2v) is 5.78. The number of amides is 1. The van der Waals surface area contributed by atoms with Crippen molar-refractivity contribution >= 4 is 16.9 Å². The molecule has 2 aromatic heterocycles. The van der Waals surface area contributed by atoms with Crippen LogP contribution >= 0.6 is 0 Å². The van der Waals surface area contributed by atoms with E-state index in [2.05, 4.69) is 21.5 Å². The minimum atomic E-state index is -0.145. The van der Waals surface area contributed by atoms with Crippen LogP contribution < -0.4 is 10.6 Å². The molecule has 3 heterocycles. The molecule has 0 aromatic carbocycles. The molecule has 106 valence electrons. The summed E-state index contributed by atoms with van der Waals surface area (Å²) in [5, 5.41) is 7.33. The number of rotatable bonds is 2. The number of carbonyl (C=O) groups excluding carboxylic acids is 1. The van der Waals surface area contributed by atoms with Crippen molar-refractivity contribution in [2.45, 2.75) is 24.9 Å². The molecule has 3 unspecified atom stereocenters. The van der Waals surface area contributed by atoms with E-state index < -0.39 is 0 Å². The predicted octanol–water partition coefficient (Wildman–Crippen LogP) is 1.29. The summed E-state index contributed by atoms with van der Waals surface area (Å²) < 4.78 is 5.46.